The van der Waals surface area contributed by atoms with Crippen LogP contribution in [0.15, 0.2) is 60.9 Å². The highest BCUT2D eigenvalue weighted by molar-refractivity contribution is 5.87. The molecule has 5 N–H and O–H groups in total. The van der Waals surface area contributed by atoms with E-state index in [0.717, 1.165) is 46.5 Å². The third-order valence-electron chi connectivity index (χ3n) is 9.35. The molecule has 4 atom stereocenters. The predicted octanol–water partition coefficient (Wildman–Crippen LogP) is 5.47. The zero-order valence-electron chi connectivity index (χ0n) is 31.7. The number of imidazole rings is 2. The van der Waals surface area contributed by atoms with Crippen LogP contribution in [0.1, 0.15) is 82.3 Å². The first kappa shape index (κ1) is 39.1. The van der Waals surface area contributed by atoms with Gasteiger partial charge in [-0.05, 0) is 67.0 Å². The molecule has 4 aromatic rings. The quantitative estimate of drug-likeness (QED) is 0.126. The van der Waals surface area contributed by atoms with Gasteiger partial charge in [-0.15, -0.1) is 0 Å². The predicted molar refractivity (Wildman–Crippen MR) is 203 cm³/mol. The Balaban J connectivity index is 1.19. The number of carbonyl (C=O) groups is 4. The van der Waals surface area contributed by atoms with E-state index >= 15 is 0 Å². The van der Waals surface area contributed by atoms with Gasteiger partial charge in [-0.3, -0.25) is 9.59 Å². The minimum atomic E-state index is -0.748. The van der Waals surface area contributed by atoms with Gasteiger partial charge >= 0.3 is 12.2 Å². The van der Waals surface area contributed by atoms with Crippen LogP contribution in [-0.4, -0.2) is 81.7 Å². The number of H-pyrrole nitrogens is 2. The van der Waals surface area contributed by atoms with Gasteiger partial charge in [-0.25, -0.2) is 19.6 Å². The van der Waals surface area contributed by atoms with Gasteiger partial charge in [0.2, 0.25) is 11.8 Å². The lowest BCUT2D eigenvalue weighted by atomic mass is 10.0. The van der Waals surface area contributed by atoms with Crippen LogP contribution < -0.4 is 16.0 Å². The van der Waals surface area contributed by atoms with Crippen LogP contribution in [-0.2, 0) is 19.1 Å². The van der Waals surface area contributed by atoms with Gasteiger partial charge in [0.1, 0.15) is 23.7 Å². The van der Waals surface area contributed by atoms with E-state index in [-0.39, 0.29) is 29.7 Å². The summed E-state index contributed by atoms with van der Waals surface area (Å²) in [6.45, 7) is 9.87. The zero-order valence-corrected chi connectivity index (χ0v) is 31.7. The van der Waals surface area contributed by atoms with Crippen molar-refractivity contribution in [3.63, 3.8) is 0 Å². The zero-order chi connectivity index (χ0) is 38.9. The van der Waals surface area contributed by atoms with Crippen LogP contribution >= 0.6 is 0 Å². The number of aromatic nitrogens is 4. The molecule has 4 amide bonds. The van der Waals surface area contributed by atoms with Gasteiger partial charge in [0.15, 0.2) is 0 Å². The first-order chi connectivity index (χ1) is 25.9. The Bertz CT molecular complexity index is 1990. The molecule has 0 spiro atoms. The summed E-state index contributed by atoms with van der Waals surface area (Å²) in [7, 11) is 2.54. The number of benzene rings is 2. The average molecular weight is 737 g/mol. The van der Waals surface area contributed by atoms with E-state index in [2.05, 4.69) is 52.5 Å². The number of ether oxygens (including phenoxy) is 2. The molecule has 5 rings (SSSR count). The lowest BCUT2D eigenvalue weighted by Crippen LogP contribution is -2.51. The second kappa shape index (κ2) is 17.6. The summed E-state index contributed by atoms with van der Waals surface area (Å²) in [6.07, 6.45) is 3.81. The molecule has 54 heavy (non-hydrogen) atoms. The van der Waals surface area contributed by atoms with Gasteiger partial charge in [-0.1, -0.05) is 63.8 Å². The molecule has 284 valence electrons. The van der Waals surface area contributed by atoms with Gasteiger partial charge in [0, 0.05) is 17.7 Å². The number of hydrogen-bond donors (Lipinski definition) is 5. The number of alkyl carbamates (subject to hydrolysis) is 2. The Hall–Kier alpha value is -6.10. The van der Waals surface area contributed by atoms with Crippen molar-refractivity contribution in [2.24, 2.45) is 11.8 Å². The fourth-order valence-electron chi connectivity index (χ4n) is 6.25. The summed E-state index contributed by atoms with van der Waals surface area (Å²) in [5, 5.41) is 8.16. The molecule has 1 saturated heterocycles. The van der Waals surface area contributed by atoms with Crippen LogP contribution in [0.3, 0.4) is 0 Å². The number of amides is 4. The maximum absolute atomic E-state index is 13.5. The maximum Gasteiger partial charge on any atom is 0.407 e. The van der Waals surface area contributed by atoms with Gasteiger partial charge < -0.3 is 40.3 Å². The highest BCUT2D eigenvalue weighted by Crippen LogP contribution is 2.33. The molecule has 0 saturated carbocycles. The monoisotopic (exact) mass is 736 g/mol. The molecular formula is C40H48N8O6. The Kier molecular flexibility index (Phi) is 12.8. The topological polar surface area (TPSA) is 183 Å². The third kappa shape index (κ3) is 9.46. The molecular weight excluding hydrogens is 688 g/mol. The van der Waals surface area contributed by atoms with Crippen molar-refractivity contribution >= 4 is 24.0 Å². The molecule has 0 unspecified atom stereocenters. The van der Waals surface area contributed by atoms with Crippen LogP contribution in [0.5, 0.6) is 0 Å². The summed E-state index contributed by atoms with van der Waals surface area (Å²) >= 11 is 0. The number of rotatable bonds is 11. The number of nitrogens with zero attached hydrogens (tertiary/aromatic N) is 3. The second-order valence-corrected chi connectivity index (χ2v) is 13.9. The Morgan fingerprint density at radius 2 is 1.26 bits per heavy atom. The van der Waals surface area contributed by atoms with Crippen LogP contribution in [0.2, 0.25) is 0 Å². The van der Waals surface area contributed by atoms with Crippen molar-refractivity contribution < 1.29 is 28.7 Å². The first-order valence-electron chi connectivity index (χ1n) is 18.0. The first-order valence-corrected chi connectivity index (χ1v) is 18.0. The Labute approximate surface area is 315 Å². The van der Waals surface area contributed by atoms with Crippen molar-refractivity contribution in [2.75, 3.05) is 20.8 Å². The molecule has 1 aliphatic rings. The number of likely N-dealkylation sites (tertiary alicyclic amines) is 1. The molecule has 14 heteroatoms. The Morgan fingerprint density at radius 1 is 0.741 bits per heavy atom. The van der Waals surface area contributed by atoms with Crippen molar-refractivity contribution in [1.82, 2.24) is 40.8 Å². The van der Waals surface area contributed by atoms with Crippen molar-refractivity contribution in [1.29, 1.82) is 0 Å². The fourth-order valence-corrected chi connectivity index (χ4v) is 6.25. The molecule has 0 bridgehead atoms. The van der Waals surface area contributed by atoms with Gasteiger partial charge in [0.05, 0.1) is 50.1 Å². The van der Waals surface area contributed by atoms with E-state index in [9.17, 15) is 19.2 Å². The largest absolute Gasteiger partial charge is 0.453 e. The third-order valence-corrected chi connectivity index (χ3v) is 9.35. The summed E-state index contributed by atoms with van der Waals surface area (Å²) in [6, 6.07) is 13.6. The van der Waals surface area contributed by atoms with Crippen molar-refractivity contribution in [3.8, 4) is 34.4 Å². The molecule has 0 aliphatic carbocycles. The number of carbonyl (C=O) groups excluding carboxylic acids is 4. The minimum absolute atomic E-state index is 0.108. The minimum Gasteiger partial charge on any atom is -0.453 e. The molecule has 14 nitrogen and oxygen atoms in total. The highest BCUT2D eigenvalue weighted by atomic mass is 16.5. The van der Waals surface area contributed by atoms with E-state index in [0.29, 0.717) is 18.2 Å². The van der Waals surface area contributed by atoms with Gasteiger partial charge in [-0.2, -0.15) is 0 Å². The lowest BCUT2D eigenvalue weighted by Gasteiger charge is -2.30. The Morgan fingerprint density at radius 3 is 1.80 bits per heavy atom. The molecule has 1 fully saturated rings. The summed E-state index contributed by atoms with van der Waals surface area (Å²) < 4.78 is 9.39. The van der Waals surface area contributed by atoms with Crippen molar-refractivity contribution in [2.45, 2.75) is 71.6 Å². The molecule has 2 aromatic heterocycles. The van der Waals surface area contributed by atoms with E-state index < -0.39 is 30.3 Å². The van der Waals surface area contributed by atoms with Crippen LogP contribution in [0.4, 0.5) is 9.59 Å². The van der Waals surface area contributed by atoms with Crippen LogP contribution in [0.25, 0.3) is 22.5 Å². The van der Waals surface area contributed by atoms with E-state index in [1.54, 1.807) is 17.3 Å². The van der Waals surface area contributed by atoms with Gasteiger partial charge in [0.25, 0.3) is 0 Å². The van der Waals surface area contributed by atoms with E-state index in [4.69, 9.17) is 4.74 Å². The fraction of sp³-hybridized carbons (Fsp3) is 0.400. The lowest BCUT2D eigenvalue weighted by molar-refractivity contribution is -0.135. The molecule has 2 aromatic carbocycles. The number of aromatic amines is 2. The highest BCUT2D eigenvalue weighted by Gasteiger charge is 2.37. The van der Waals surface area contributed by atoms with E-state index in [1.165, 1.54) is 14.2 Å². The van der Waals surface area contributed by atoms with Crippen molar-refractivity contribution in [3.05, 3.63) is 83.7 Å². The number of nitrogens with one attached hydrogen (secondary N) is 5. The molecule has 3 heterocycles. The second-order valence-electron chi connectivity index (χ2n) is 13.9. The molecule has 0 radical (unpaired) electrons. The average Bonchev–Trinajstić information content (AvgIpc) is 3.96. The molecule has 1 aliphatic heterocycles. The summed E-state index contributed by atoms with van der Waals surface area (Å²) in [5.74, 6) is 7.00. The standard InChI is InChI=1S/C40H48N8O6/c1-23(2)33(46-39(51)53-6)37(49)43-25(5)35-41-21-30(44-35)28-16-12-26(13-17-28)10-11-27-14-18-29(19-15-27)31-22-42-36(45-31)32-9-8-20-48(32)38(50)34(24(3)4)47-40(52)54-7/h12-19,21-25,32-34H,8-9,20H2,1-7H3,(H,41,44)(H,42,45)(H,43,49)(H,46,51)(H,47,52)/t25-,32-,33-,34-/m0/s1. The summed E-state index contributed by atoms with van der Waals surface area (Å²) in [5.41, 5.74) is 5.18. The SMILES string of the molecule is COC(=O)N[C@H](C(=O)N[C@@H](C)c1ncc(-c2ccc(C#Cc3ccc(-c4cnc([C@@H]5CCCN5C(=O)[C@@H](NC(=O)OC)C(C)C)[nH]4)cc3)cc2)[nH]1)C(C)C. The van der Waals surface area contributed by atoms with Crippen LogP contribution in [0, 0.1) is 23.7 Å². The smallest absolute Gasteiger partial charge is 0.407 e. The maximum atomic E-state index is 13.5. The normalized spacial score (nSPS) is 15.5. The number of hydrogen-bond acceptors (Lipinski definition) is 8. The number of methoxy groups -OCH3 is 2. The van der Waals surface area contributed by atoms with E-state index in [1.807, 2.05) is 83.1 Å². The summed E-state index contributed by atoms with van der Waals surface area (Å²) in [4.78, 5) is 67.5.